The Bertz CT molecular complexity index is 1230. The molecule has 0 aliphatic rings. The maximum Gasteiger partial charge on any atom is 0.335 e. The van der Waals surface area contributed by atoms with Crippen molar-refractivity contribution in [3.8, 4) is 11.5 Å². The molecular formula is C43H75O5P. The molecule has 0 saturated carbocycles. The van der Waals surface area contributed by atoms with Crippen molar-refractivity contribution in [1.82, 2.24) is 0 Å². The van der Waals surface area contributed by atoms with Crippen molar-refractivity contribution in [2.45, 2.75) is 189 Å². The number of phenols is 2. The molecule has 5 nitrogen and oxygen atoms in total. The third kappa shape index (κ3) is 16.8. The topological polar surface area (TPSA) is 76.0 Å². The van der Waals surface area contributed by atoms with E-state index in [2.05, 4.69) is 74.4 Å². The first-order chi connectivity index (χ1) is 22.9. The molecule has 0 heterocycles. The van der Waals surface area contributed by atoms with Crippen molar-refractivity contribution in [1.29, 1.82) is 0 Å². The van der Waals surface area contributed by atoms with E-state index in [1.54, 1.807) is 0 Å². The van der Waals surface area contributed by atoms with Crippen LogP contribution in [0.25, 0.3) is 0 Å². The zero-order valence-corrected chi connectivity index (χ0v) is 34.7. The summed E-state index contributed by atoms with van der Waals surface area (Å²) in [6.07, 6.45) is 18.2. The number of phenolic OH excluding ortho intramolecular Hbond substituents is 2. The molecule has 0 aliphatic carbocycles. The number of rotatable bonds is 20. The van der Waals surface area contributed by atoms with Crippen molar-refractivity contribution in [2.24, 2.45) is 0 Å². The zero-order chi connectivity index (χ0) is 37.3. The van der Waals surface area contributed by atoms with Gasteiger partial charge in [0.2, 0.25) is 0 Å². The van der Waals surface area contributed by atoms with Crippen molar-refractivity contribution >= 4 is 7.60 Å². The second-order valence-corrected chi connectivity index (χ2v) is 18.3. The lowest BCUT2D eigenvalue weighted by Crippen LogP contribution is -2.18. The Kier molecular flexibility index (Phi) is 20.5. The third-order valence-corrected chi connectivity index (χ3v) is 11.4. The van der Waals surface area contributed by atoms with Gasteiger partial charge in [-0.1, -0.05) is 162 Å². The van der Waals surface area contributed by atoms with Gasteiger partial charge in [-0.05, 0) is 78.7 Å². The summed E-state index contributed by atoms with van der Waals surface area (Å²) in [5, 5.41) is 21.0. The predicted molar refractivity (Wildman–Crippen MR) is 212 cm³/mol. The maximum absolute atomic E-state index is 12.9. The molecule has 0 aromatic heterocycles. The lowest BCUT2D eigenvalue weighted by molar-refractivity contribution is 0.219. The number of unbranched alkanes of at least 4 members (excludes halogenated alkanes) is 11. The summed E-state index contributed by atoms with van der Waals surface area (Å²) in [6.45, 7) is 25.3. The van der Waals surface area contributed by atoms with E-state index >= 15 is 0 Å². The standard InChI is InChI=1S/C24H42O.C19H33O4P/c1-5-6-7-8-9-10-11-12-13-14-15-16-17-21(3)23-19-20(2)18-22(4)24(23)25;1-9-22-24(21,23-10-2)13-14-11-15(18(3,4)5)17(20)16(12-14)19(6,7)8/h18-19,21,25H,5-17H2,1-4H3;11-12,20H,9-10,13H2,1-8H3. The molecule has 0 spiro atoms. The molecule has 0 bridgehead atoms. The van der Waals surface area contributed by atoms with Gasteiger partial charge >= 0.3 is 7.60 Å². The molecule has 0 fully saturated rings. The summed E-state index contributed by atoms with van der Waals surface area (Å²) >= 11 is 0. The fraction of sp³-hybridized carbons (Fsp3) is 0.721. The van der Waals surface area contributed by atoms with Gasteiger partial charge in [-0.25, -0.2) is 0 Å². The van der Waals surface area contributed by atoms with E-state index in [0.29, 0.717) is 30.6 Å². The van der Waals surface area contributed by atoms with Crippen molar-refractivity contribution < 1.29 is 23.8 Å². The highest BCUT2D eigenvalue weighted by Crippen LogP contribution is 2.52. The summed E-state index contributed by atoms with van der Waals surface area (Å²) < 4.78 is 23.7. The van der Waals surface area contributed by atoms with Crippen molar-refractivity contribution in [3.63, 3.8) is 0 Å². The van der Waals surface area contributed by atoms with Crippen LogP contribution in [0.15, 0.2) is 24.3 Å². The SMILES string of the molecule is CCCCCCCCCCCCCCC(C)c1cc(C)cc(C)c1O.CCOP(=O)(Cc1cc(C(C)(C)C)c(O)c(C(C)(C)C)c1)OCC. The van der Waals surface area contributed by atoms with Gasteiger partial charge < -0.3 is 19.3 Å². The van der Waals surface area contributed by atoms with Crippen molar-refractivity contribution in [3.05, 3.63) is 57.6 Å². The van der Waals surface area contributed by atoms with E-state index in [0.717, 1.165) is 27.8 Å². The normalized spacial score (nSPS) is 12.9. The van der Waals surface area contributed by atoms with E-state index in [-0.39, 0.29) is 17.0 Å². The highest BCUT2D eigenvalue weighted by Gasteiger charge is 2.30. The van der Waals surface area contributed by atoms with Crippen LogP contribution in [0, 0.1) is 13.8 Å². The Morgan fingerprint density at radius 2 is 1.08 bits per heavy atom. The summed E-state index contributed by atoms with van der Waals surface area (Å²) in [7, 11) is -3.18. The molecule has 0 saturated heterocycles. The summed E-state index contributed by atoms with van der Waals surface area (Å²) in [4.78, 5) is 0. The minimum atomic E-state index is -3.18. The molecule has 0 radical (unpaired) electrons. The van der Waals surface area contributed by atoms with Crippen LogP contribution >= 0.6 is 7.60 Å². The van der Waals surface area contributed by atoms with Crippen LogP contribution in [0.2, 0.25) is 0 Å². The summed E-state index contributed by atoms with van der Waals surface area (Å²) in [6, 6.07) is 8.08. The quantitative estimate of drug-likeness (QED) is 0.106. The lowest BCUT2D eigenvalue weighted by atomic mass is 9.78. The Balaban J connectivity index is 0.000000490. The van der Waals surface area contributed by atoms with Crippen LogP contribution in [0.5, 0.6) is 11.5 Å². The molecule has 282 valence electrons. The molecule has 2 rings (SSSR count). The first-order valence-electron chi connectivity index (χ1n) is 19.4. The third-order valence-electron chi connectivity index (χ3n) is 9.31. The van der Waals surface area contributed by atoms with Crippen LogP contribution in [-0.4, -0.2) is 23.4 Å². The number of hydrogen-bond acceptors (Lipinski definition) is 5. The van der Waals surface area contributed by atoms with Gasteiger partial charge in [-0.2, -0.15) is 0 Å². The molecule has 0 amide bonds. The smallest absolute Gasteiger partial charge is 0.335 e. The Morgan fingerprint density at radius 1 is 0.653 bits per heavy atom. The van der Waals surface area contributed by atoms with Crippen LogP contribution < -0.4 is 0 Å². The fourth-order valence-electron chi connectivity index (χ4n) is 6.49. The Morgan fingerprint density at radius 3 is 1.49 bits per heavy atom. The highest BCUT2D eigenvalue weighted by atomic mass is 31.2. The fourth-order valence-corrected chi connectivity index (χ4v) is 8.16. The number of aromatic hydroxyl groups is 2. The molecule has 0 aliphatic heterocycles. The lowest BCUT2D eigenvalue weighted by Gasteiger charge is -2.29. The Labute approximate surface area is 302 Å². The molecule has 6 heteroatoms. The van der Waals surface area contributed by atoms with Crippen molar-refractivity contribution in [2.75, 3.05) is 13.2 Å². The summed E-state index contributed by atoms with van der Waals surface area (Å²) in [5.74, 6) is 1.29. The van der Waals surface area contributed by atoms with Crippen LogP contribution in [-0.2, 0) is 30.6 Å². The molecular weight excluding hydrogens is 627 g/mol. The number of aryl methyl sites for hydroxylation is 2. The monoisotopic (exact) mass is 703 g/mol. The second-order valence-electron chi connectivity index (χ2n) is 16.2. The number of benzene rings is 2. The van der Waals surface area contributed by atoms with Gasteiger partial charge in [0, 0.05) is 0 Å². The zero-order valence-electron chi connectivity index (χ0n) is 33.8. The first-order valence-corrected chi connectivity index (χ1v) is 21.2. The van der Waals surface area contributed by atoms with Gasteiger partial charge in [0.1, 0.15) is 11.5 Å². The van der Waals surface area contributed by atoms with E-state index in [1.807, 2.05) is 32.9 Å². The van der Waals surface area contributed by atoms with E-state index in [4.69, 9.17) is 9.05 Å². The van der Waals surface area contributed by atoms with Crippen LogP contribution in [0.1, 0.15) is 192 Å². The molecule has 2 aromatic carbocycles. The average Bonchev–Trinajstić information content (AvgIpc) is 2.99. The molecule has 2 aromatic rings. The van der Waals surface area contributed by atoms with Gasteiger partial charge in [0.25, 0.3) is 0 Å². The minimum absolute atomic E-state index is 0.209. The largest absolute Gasteiger partial charge is 0.507 e. The van der Waals surface area contributed by atoms with Gasteiger partial charge in [0.15, 0.2) is 0 Å². The average molecular weight is 703 g/mol. The van der Waals surface area contributed by atoms with Gasteiger partial charge in [-0.15, -0.1) is 0 Å². The minimum Gasteiger partial charge on any atom is -0.507 e. The van der Waals surface area contributed by atoms with Gasteiger partial charge in [0.05, 0.1) is 19.4 Å². The Hall–Kier alpha value is -1.81. The molecule has 1 atom stereocenters. The van der Waals surface area contributed by atoms with Crippen LogP contribution in [0.4, 0.5) is 0 Å². The summed E-state index contributed by atoms with van der Waals surface area (Å²) in [5.41, 5.74) is 5.54. The molecule has 2 N–H and O–H groups in total. The van der Waals surface area contributed by atoms with E-state index in [1.165, 1.54) is 89.0 Å². The number of hydrogen-bond donors (Lipinski definition) is 2. The van der Waals surface area contributed by atoms with Gasteiger partial charge in [-0.3, -0.25) is 4.57 Å². The predicted octanol–water partition coefficient (Wildman–Crippen LogP) is 14.0. The van der Waals surface area contributed by atoms with E-state index in [9.17, 15) is 14.8 Å². The molecule has 49 heavy (non-hydrogen) atoms. The van der Waals surface area contributed by atoms with Crippen LogP contribution in [0.3, 0.4) is 0 Å². The first kappa shape index (κ1) is 45.2. The molecule has 1 unspecified atom stereocenters. The van der Waals surface area contributed by atoms with E-state index < -0.39 is 7.60 Å². The highest BCUT2D eigenvalue weighted by molar-refractivity contribution is 7.53. The maximum atomic E-state index is 12.9. The second kappa shape index (κ2) is 22.2.